The topological polar surface area (TPSA) is 20.2 Å². The summed E-state index contributed by atoms with van der Waals surface area (Å²) in [4.78, 5) is 1.19. The first-order valence-electron chi connectivity index (χ1n) is 5.15. The molecule has 1 aromatic carbocycles. The lowest BCUT2D eigenvalue weighted by Crippen LogP contribution is -1.92. The van der Waals surface area contributed by atoms with Crippen molar-refractivity contribution < 1.29 is 5.11 Å². The summed E-state index contributed by atoms with van der Waals surface area (Å²) in [6, 6.07) is 6.02. The molecule has 0 aliphatic rings. The van der Waals surface area contributed by atoms with Gasteiger partial charge in [-0.15, -0.1) is 11.8 Å². The van der Waals surface area contributed by atoms with Gasteiger partial charge in [0.05, 0.1) is 6.61 Å². The van der Waals surface area contributed by atoms with Crippen LogP contribution in [-0.4, -0.2) is 10.9 Å². The number of aliphatic hydroxyl groups is 1. The van der Waals surface area contributed by atoms with Crippen LogP contribution < -0.4 is 0 Å². The Morgan fingerprint density at radius 1 is 1.40 bits per heavy atom. The van der Waals surface area contributed by atoms with E-state index in [4.69, 9.17) is 0 Å². The lowest BCUT2D eigenvalue weighted by molar-refractivity contribution is 0.279. The maximum atomic E-state index is 9.19. The lowest BCUT2D eigenvalue weighted by Gasteiger charge is -2.08. The average molecular weight is 289 g/mol. The molecule has 15 heavy (non-hydrogen) atoms. The van der Waals surface area contributed by atoms with Crippen LogP contribution in [0.4, 0.5) is 0 Å². The second-order valence-corrected chi connectivity index (χ2v) is 5.99. The van der Waals surface area contributed by atoms with Gasteiger partial charge in [0.2, 0.25) is 0 Å². The van der Waals surface area contributed by atoms with Crippen molar-refractivity contribution in [2.24, 2.45) is 5.92 Å². The third kappa shape index (κ3) is 4.58. The predicted molar refractivity (Wildman–Crippen MR) is 70.2 cm³/mol. The average Bonchev–Trinajstić information content (AvgIpc) is 2.17. The molecule has 0 radical (unpaired) electrons. The van der Waals surface area contributed by atoms with Crippen LogP contribution in [0.3, 0.4) is 0 Å². The third-order valence-corrected chi connectivity index (χ3v) is 3.78. The summed E-state index contributed by atoms with van der Waals surface area (Å²) in [5.41, 5.74) is 1.02. The maximum absolute atomic E-state index is 9.19. The van der Waals surface area contributed by atoms with Gasteiger partial charge < -0.3 is 5.11 Å². The summed E-state index contributed by atoms with van der Waals surface area (Å²) in [6.45, 7) is 4.58. The van der Waals surface area contributed by atoms with Crippen LogP contribution in [0.2, 0.25) is 0 Å². The molecule has 0 saturated carbocycles. The molecule has 0 amide bonds. The van der Waals surface area contributed by atoms with Crippen molar-refractivity contribution in [3.8, 4) is 0 Å². The van der Waals surface area contributed by atoms with Crippen LogP contribution >= 0.6 is 27.7 Å². The smallest absolute Gasteiger partial charge is 0.0692 e. The second kappa shape index (κ2) is 6.56. The third-order valence-electron chi connectivity index (χ3n) is 2.15. The standard InChI is InChI=1S/C12H17BrOS/c1-9(2)5-6-15-12-7-11(13)4-3-10(12)8-14/h3-4,7,9,14H,5-6,8H2,1-2H3. The molecule has 1 N–H and O–H groups in total. The molecular formula is C12H17BrOS. The lowest BCUT2D eigenvalue weighted by atomic mass is 10.2. The van der Waals surface area contributed by atoms with Crippen LogP contribution in [-0.2, 0) is 6.61 Å². The zero-order valence-corrected chi connectivity index (χ0v) is 11.6. The summed E-state index contributed by atoms with van der Waals surface area (Å²) in [6.07, 6.45) is 1.21. The van der Waals surface area contributed by atoms with Crippen molar-refractivity contribution in [2.45, 2.75) is 31.8 Å². The summed E-state index contributed by atoms with van der Waals surface area (Å²) < 4.78 is 1.08. The first-order chi connectivity index (χ1) is 7.13. The van der Waals surface area contributed by atoms with Gasteiger partial charge in [-0.05, 0) is 35.8 Å². The highest BCUT2D eigenvalue weighted by Crippen LogP contribution is 2.27. The Bertz CT molecular complexity index is 312. The fraction of sp³-hybridized carbons (Fsp3) is 0.500. The Hall–Kier alpha value is 0.01000. The van der Waals surface area contributed by atoms with Crippen molar-refractivity contribution in [3.63, 3.8) is 0 Å². The van der Waals surface area contributed by atoms with E-state index in [0.29, 0.717) is 0 Å². The van der Waals surface area contributed by atoms with Crippen LogP contribution in [0.25, 0.3) is 0 Å². The van der Waals surface area contributed by atoms with Gasteiger partial charge in [-0.3, -0.25) is 0 Å². The molecule has 0 atom stereocenters. The van der Waals surface area contributed by atoms with Crippen molar-refractivity contribution >= 4 is 27.7 Å². The molecule has 0 aliphatic carbocycles. The van der Waals surface area contributed by atoms with Gasteiger partial charge in [0.15, 0.2) is 0 Å². The molecule has 1 rings (SSSR count). The number of benzene rings is 1. The first kappa shape index (κ1) is 13.1. The van der Waals surface area contributed by atoms with E-state index < -0.39 is 0 Å². The predicted octanol–water partition coefficient (Wildman–Crippen LogP) is 4.08. The van der Waals surface area contributed by atoms with Gasteiger partial charge in [0.1, 0.15) is 0 Å². The zero-order valence-electron chi connectivity index (χ0n) is 9.16. The van der Waals surface area contributed by atoms with Crippen molar-refractivity contribution in [1.82, 2.24) is 0 Å². The van der Waals surface area contributed by atoms with E-state index in [0.717, 1.165) is 21.7 Å². The monoisotopic (exact) mass is 288 g/mol. The summed E-state index contributed by atoms with van der Waals surface area (Å²) in [5.74, 6) is 1.85. The Morgan fingerprint density at radius 2 is 2.13 bits per heavy atom. The first-order valence-corrected chi connectivity index (χ1v) is 6.93. The van der Waals surface area contributed by atoms with E-state index in [9.17, 15) is 5.11 Å². The molecule has 0 aromatic heterocycles. The van der Waals surface area contributed by atoms with E-state index in [-0.39, 0.29) is 6.61 Å². The minimum Gasteiger partial charge on any atom is -0.392 e. The van der Waals surface area contributed by atoms with Crippen molar-refractivity contribution in [1.29, 1.82) is 0 Å². The minimum absolute atomic E-state index is 0.122. The quantitative estimate of drug-likeness (QED) is 0.824. The molecule has 0 bridgehead atoms. The highest BCUT2D eigenvalue weighted by atomic mass is 79.9. The second-order valence-electron chi connectivity index (χ2n) is 3.94. The number of rotatable bonds is 5. The molecule has 0 fully saturated rings. The van der Waals surface area contributed by atoms with Crippen molar-refractivity contribution in [2.75, 3.05) is 5.75 Å². The van der Waals surface area contributed by atoms with E-state index in [1.165, 1.54) is 11.3 Å². The normalized spacial score (nSPS) is 11.0. The van der Waals surface area contributed by atoms with E-state index in [2.05, 4.69) is 35.8 Å². The largest absolute Gasteiger partial charge is 0.392 e. The Kier molecular flexibility index (Phi) is 5.72. The van der Waals surface area contributed by atoms with Gasteiger partial charge >= 0.3 is 0 Å². The fourth-order valence-electron chi connectivity index (χ4n) is 1.20. The van der Waals surface area contributed by atoms with Gasteiger partial charge in [0.25, 0.3) is 0 Å². The summed E-state index contributed by atoms with van der Waals surface area (Å²) in [5, 5.41) is 9.19. The van der Waals surface area contributed by atoms with Gasteiger partial charge in [-0.2, -0.15) is 0 Å². The highest BCUT2D eigenvalue weighted by molar-refractivity contribution is 9.10. The van der Waals surface area contributed by atoms with Crippen molar-refractivity contribution in [3.05, 3.63) is 28.2 Å². The summed E-state index contributed by atoms with van der Waals surface area (Å²) >= 11 is 5.28. The Labute approximate surface area is 104 Å². The minimum atomic E-state index is 0.122. The van der Waals surface area contributed by atoms with E-state index in [1.807, 2.05) is 23.9 Å². The van der Waals surface area contributed by atoms with Gasteiger partial charge in [-0.1, -0.05) is 35.8 Å². The molecular weight excluding hydrogens is 272 g/mol. The molecule has 1 aromatic rings. The molecule has 0 heterocycles. The molecule has 0 spiro atoms. The molecule has 0 unspecified atom stereocenters. The molecule has 1 nitrogen and oxygen atoms in total. The number of aliphatic hydroxyl groups excluding tert-OH is 1. The van der Waals surface area contributed by atoms with Gasteiger partial charge in [0, 0.05) is 9.37 Å². The zero-order chi connectivity index (χ0) is 11.3. The molecule has 84 valence electrons. The molecule has 3 heteroatoms. The van der Waals surface area contributed by atoms with Crippen LogP contribution in [0.15, 0.2) is 27.6 Å². The SMILES string of the molecule is CC(C)CCSc1cc(Br)ccc1CO. The van der Waals surface area contributed by atoms with Crippen LogP contribution in [0, 0.1) is 5.92 Å². The number of hydrogen-bond donors (Lipinski definition) is 1. The van der Waals surface area contributed by atoms with E-state index in [1.54, 1.807) is 0 Å². The Morgan fingerprint density at radius 3 is 2.73 bits per heavy atom. The fourth-order valence-corrected chi connectivity index (χ4v) is 3.05. The van der Waals surface area contributed by atoms with Gasteiger partial charge in [-0.25, -0.2) is 0 Å². The Balaban J connectivity index is 2.62. The molecule has 0 saturated heterocycles. The number of thioether (sulfide) groups is 1. The summed E-state index contributed by atoms with van der Waals surface area (Å²) in [7, 11) is 0. The van der Waals surface area contributed by atoms with Crippen LogP contribution in [0.5, 0.6) is 0 Å². The van der Waals surface area contributed by atoms with Crippen LogP contribution in [0.1, 0.15) is 25.8 Å². The number of hydrogen-bond acceptors (Lipinski definition) is 2. The number of halogens is 1. The highest BCUT2D eigenvalue weighted by Gasteiger charge is 2.03. The molecule has 0 aliphatic heterocycles. The van der Waals surface area contributed by atoms with E-state index >= 15 is 0 Å². The maximum Gasteiger partial charge on any atom is 0.0692 e.